The van der Waals surface area contributed by atoms with Crippen molar-refractivity contribution in [1.29, 1.82) is 5.26 Å². The third-order valence-corrected chi connectivity index (χ3v) is 3.59. The van der Waals surface area contributed by atoms with E-state index in [-0.39, 0.29) is 10.0 Å². The summed E-state index contributed by atoms with van der Waals surface area (Å²) in [5.74, 6) is -0.815. The SMILES string of the molecule is N#C/C(=C\c1ccc(F)c(Br)c1)C(=O)c1ccc(Cl)cc1. The summed E-state index contributed by atoms with van der Waals surface area (Å²) in [4.78, 5) is 12.2. The van der Waals surface area contributed by atoms with Crippen molar-refractivity contribution < 1.29 is 9.18 Å². The number of carbonyl (C=O) groups is 1. The number of halogens is 3. The Balaban J connectivity index is 2.36. The van der Waals surface area contributed by atoms with Crippen LogP contribution in [-0.2, 0) is 0 Å². The van der Waals surface area contributed by atoms with Gasteiger partial charge in [-0.15, -0.1) is 0 Å². The quantitative estimate of drug-likeness (QED) is 0.435. The highest BCUT2D eigenvalue weighted by Gasteiger charge is 2.12. The van der Waals surface area contributed by atoms with Crippen LogP contribution in [0.1, 0.15) is 15.9 Å². The van der Waals surface area contributed by atoms with Gasteiger partial charge in [0, 0.05) is 10.6 Å². The summed E-state index contributed by atoms with van der Waals surface area (Å²) in [5.41, 5.74) is 0.895. The van der Waals surface area contributed by atoms with Crippen molar-refractivity contribution in [3.8, 4) is 6.07 Å². The average Bonchev–Trinajstić information content (AvgIpc) is 2.48. The molecule has 21 heavy (non-hydrogen) atoms. The van der Waals surface area contributed by atoms with E-state index >= 15 is 0 Å². The van der Waals surface area contributed by atoms with Crippen LogP contribution in [-0.4, -0.2) is 5.78 Å². The molecule has 0 bridgehead atoms. The number of nitrogens with zero attached hydrogens (tertiary/aromatic N) is 1. The molecular formula is C16H8BrClFNO. The fraction of sp³-hybridized carbons (Fsp3) is 0. The number of allylic oxidation sites excluding steroid dienone is 1. The van der Waals surface area contributed by atoms with Crippen molar-refractivity contribution in [2.45, 2.75) is 0 Å². The summed E-state index contributed by atoms with van der Waals surface area (Å²) in [7, 11) is 0. The predicted octanol–water partition coefficient (Wildman–Crippen LogP) is 5.03. The molecule has 5 heteroatoms. The molecule has 0 N–H and O–H groups in total. The Hall–Kier alpha value is -1.96. The van der Waals surface area contributed by atoms with E-state index in [1.807, 2.05) is 6.07 Å². The van der Waals surface area contributed by atoms with Gasteiger partial charge in [0.1, 0.15) is 17.5 Å². The van der Waals surface area contributed by atoms with Crippen molar-refractivity contribution in [1.82, 2.24) is 0 Å². The van der Waals surface area contributed by atoms with E-state index < -0.39 is 11.6 Å². The van der Waals surface area contributed by atoms with Crippen molar-refractivity contribution in [3.05, 3.63) is 74.5 Å². The Morgan fingerprint density at radius 3 is 2.48 bits per heavy atom. The van der Waals surface area contributed by atoms with Crippen molar-refractivity contribution in [2.24, 2.45) is 0 Å². The van der Waals surface area contributed by atoms with Crippen LogP contribution in [0.2, 0.25) is 5.02 Å². The molecule has 0 heterocycles. The zero-order valence-corrected chi connectivity index (χ0v) is 13.0. The van der Waals surface area contributed by atoms with E-state index in [1.165, 1.54) is 24.3 Å². The van der Waals surface area contributed by atoms with Crippen LogP contribution < -0.4 is 0 Å². The first-order chi connectivity index (χ1) is 10.0. The lowest BCUT2D eigenvalue weighted by Gasteiger charge is -2.01. The van der Waals surface area contributed by atoms with Gasteiger partial charge >= 0.3 is 0 Å². The molecule has 2 rings (SSSR count). The number of benzene rings is 2. The van der Waals surface area contributed by atoms with Gasteiger partial charge < -0.3 is 0 Å². The molecule has 2 aromatic carbocycles. The molecule has 0 saturated carbocycles. The molecule has 0 aromatic heterocycles. The molecule has 0 atom stereocenters. The van der Waals surface area contributed by atoms with Gasteiger partial charge in [-0.3, -0.25) is 4.79 Å². The number of hydrogen-bond donors (Lipinski definition) is 0. The van der Waals surface area contributed by atoms with Crippen LogP contribution in [0.25, 0.3) is 6.08 Å². The predicted molar refractivity (Wildman–Crippen MR) is 83.5 cm³/mol. The van der Waals surface area contributed by atoms with Gasteiger partial charge in [-0.2, -0.15) is 5.26 Å². The number of ketones is 1. The Labute approximate surface area is 134 Å². The van der Waals surface area contributed by atoms with Gasteiger partial charge in [0.05, 0.1) is 4.47 Å². The van der Waals surface area contributed by atoms with Crippen molar-refractivity contribution >= 4 is 39.4 Å². The highest BCUT2D eigenvalue weighted by Crippen LogP contribution is 2.20. The maximum Gasteiger partial charge on any atom is 0.203 e. The second-order valence-corrected chi connectivity index (χ2v) is 5.47. The van der Waals surface area contributed by atoms with Crippen molar-refractivity contribution in [3.63, 3.8) is 0 Å². The molecule has 0 saturated heterocycles. The number of carbonyl (C=O) groups excluding carboxylic acids is 1. The van der Waals surface area contributed by atoms with E-state index in [0.717, 1.165) is 0 Å². The lowest BCUT2D eigenvalue weighted by Crippen LogP contribution is -2.01. The van der Waals surface area contributed by atoms with Gasteiger partial charge in [-0.05, 0) is 64.0 Å². The zero-order chi connectivity index (χ0) is 15.4. The fourth-order valence-electron chi connectivity index (χ4n) is 1.67. The lowest BCUT2D eigenvalue weighted by molar-refractivity contribution is 0.104. The lowest BCUT2D eigenvalue weighted by atomic mass is 10.0. The smallest absolute Gasteiger partial charge is 0.203 e. The topological polar surface area (TPSA) is 40.9 Å². The van der Waals surface area contributed by atoms with E-state index in [2.05, 4.69) is 15.9 Å². The molecule has 2 nitrogen and oxygen atoms in total. The highest BCUT2D eigenvalue weighted by atomic mass is 79.9. The molecule has 2 aromatic rings. The summed E-state index contributed by atoms with van der Waals surface area (Å²) in [6, 6.07) is 12.4. The number of hydrogen-bond acceptors (Lipinski definition) is 2. The van der Waals surface area contributed by atoms with E-state index in [4.69, 9.17) is 16.9 Å². The molecule has 0 aliphatic heterocycles. The number of Topliss-reactive ketones (excluding diaryl/α,β-unsaturated/α-hetero) is 1. The third-order valence-electron chi connectivity index (χ3n) is 2.73. The van der Waals surface area contributed by atoms with E-state index in [9.17, 15) is 9.18 Å². The van der Waals surface area contributed by atoms with Crippen LogP contribution in [0.5, 0.6) is 0 Å². The molecule has 0 aliphatic carbocycles. The standard InChI is InChI=1S/C16H8BrClFNO/c17-14-8-10(1-6-15(14)19)7-12(9-20)16(21)11-2-4-13(18)5-3-11/h1-8H/b12-7+. The Bertz CT molecular complexity index is 763. The molecular weight excluding hydrogens is 357 g/mol. The summed E-state index contributed by atoms with van der Waals surface area (Å²) in [6.45, 7) is 0. The molecule has 0 spiro atoms. The Morgan fingerprint density at radius 2 is 1.90 bits per heavy atom. The summed E-state index contributed by atoms with van der Waals surface area (Å²) >= 11 is 8.82. The van der Waals surface area contributed by atoms with Crippen LogP contribution in [0.4, 0.5) is 4.39 Å². The molecule has 0 radical (unpaired) electrons. The summed E-state index contributed by atoms with van der Waals surface area (Å²) in [6.07, 6.45) is 1.42. The van der Waals surface area contributed by atoms with Crippen LogP contribution in [0, 0.1) is 17.1 Å². The molecule has 0 fully saturated rings. The first-order valence-electron chi connectivity index (χ1n) is 5.88. The molecule has 0 unspecified atom stereocenters. The second kappa shape index (κ2) is 6.66. The van der Waals surface area contributed by atoms with Crippen LogP contribution in [0.15, 0.2) is 52.5 Å². The number of nitriles is 1. The van der Waals surface area contributed by atoms with Crippen LogP contribution in [0.3, 0.4) is 0 Å². The highest BCUT2D eigenvalue weighted by molar-refractivity contribution is 9.10. The van der Waals surface area contributed by atoms with Gasteiger partial charge in [0.2, 0.25) is 5.78 Å². The van der Waals surface area contributed by atoms with Gasteiger partial charge in [-0.25, -0.2) is 4.39 Å². The summed E-state index contributed by atoms with van der Waals surface area (Å²) in [5, 5.41) is 9.66. The van der Waals surface area contributed by atoms with E-state index in [0.29, 0.717) is 16.1 Å². The zero-order valence-electron chi connectivity index (χ0n) is 10.6. The third kappa shape index (κ3) is 3.78. The maximum atomic E-state index is 13.2. The minimum Gasteiger partial charge on any atom is -0.288 e. The maximum absolute atomic E-state index is 13.2. The van der Waals surface area contributed by atoms with Crippen molar-refractivity contribution in [2.75, 3.05) is 0 Å². The largest absolute Gasteiger partial charge is 0.288 e. The average molecular weight is 365 g/mol. The molecule has 0 aliphatic rings. The second-order valence-electron chi connectivity index (χ2n) is 4.18. The molecule has 0 amide bonds. The van der Waals surface area contributed by atoms with Crippen LogP contribution >= 0.6 is 27.5 Å². The molecule has 104 valence electrons. The van der Waals surface area contributed by atoms with E-state index in [1.54, 1.807) is 24.3 Å². The normalized spacial score (nSPS) is 11.0. The fourth-order valence-corrected chi connectivity index (χ4v) is 2.20. The minimum atomic E-state index is -0.408. The van der Waals surface area contributed by atoms with Gasteiger partial charge in [-0.1, -0.05) is 17.7 Å². The first kappa shape index (κ1) is 15.4. The monoisotopic (exact) mass is 363 g/mol. The minimum absolute atomic E-state index is 0.0316. The number of rotatable bonds is 3. The summed E-state index contributed by atoms with van der Waals surface area (Å²) < 4.78 is 13.4. The Morgan fingerprint density at radius 1 is 1.24 bits per heavy atom. The van der Waals surface area contributed by atoms with Gasteiger partial charge in [0.25, 0.3) is 0 Å². The first-order valence-corrected chi connectivity index (χ1v) is 7.05. The van der Waals surface area contributed by atoms with Gasteiger partial charge in [0.15, 0.2) is 0 Å². The Kier molecular flexibility index (Phi) is 4.89.